The fourth-order valence-electron chi connectivity index (χ4n) is 3.32. The van der Waals surface area contributed by atoms with Gasteiger partial charge in [-0.25, -0.2) is 4.98 Å². The summed E-state index contributed by atoms with van der Waals surface area (Å²) in [5.74, 6) is 2.30. The first-order valence-electron chi connectivity index (χ1n) is 8.53. The summed E-state index contributed by atoms with van der Waals surface area (Å²) in [5, 5.41) is 9.42. The SMILES string of the molecule is CCn1c(SCc2nnc(C)o2)nc2sc3c(c2c1=O)CCC(C)C3. The maximum atomic E-state index is 13.1. The maximum absolute atomic E-state index is 13.1. The van der Waals surface area contributed by atoms with Gasteiger partial charge in [0.15, 0.2) is 5.16 Å². The first kappa shape index (κ1) is 16.8. The van der Waals surface area contributed by atoms with Gasteiger partial charge in [0.25, 0.3) is 5.56 Å². The van der Waals surface area contributed by atoms with E-state index in [0.29, 0.717) is 30.0 Å². The molecule has 6 nitrogen and oxygen atoms in total. The second-order valence-corrected chi connectivity index (χ2v) is 8.51. The second kappa shape index (κ2) is 6.57. The highest BCUT2D eigenvalue weighted by Gasteiger charge is 2.24. The highest BCUT2D eigenvalue weighted by atomic mass is 32.2. The van der Waals surface area contributed by atoms with Crippen molar-refractivity contribution in [2.24, 2.45) is 5.92 Å². The Bertz CT molecular complexity index is 989. The van der Waals surface area contributed by atoms with Crippen molar-refractivity contribution in [3.05, 3.63) is 32.6 Å². The summed E-state index contributed by atoms with van der Waals surface area (Å²) in [7, 11) is 0. The van der Waals surface area contributed by atoms with E-state index in [4.69, 9.17) is 9.40 Å². The van der Waals surface area contributed by atoms with Crippen LogP contribution in [-0.4, -0.2) is 19.7 Å². The highest BCUT2D eigenvalue weighted by molar-refractivity contribution is 7.98. The van der Waals surface area contributed by atoms with Crippen molar-refractivity contribution in [2.45, 2.75) is 57.5 Å². The third-order valence-electron chi connectivity index (χ3n) is 4.59. The lowest BCUT2D eigenvalue weighted by Crippen LogP contribution is -2.23. The topological polar surface area (TPSA) is 73.8 Å². The Kier molecular flexibility index (Phi) is 4.41. The standard InChI is InChI=1S/C17H20N4O2S2/c1-4-21-16(22)14-11-6-5-9(2)7-12(11)25-15(14)18-17(21)24-8-13-20-19-10(3)23-13/h9H,4-8H2,1-3H3. The minimum absolute atomic E-state index is 0.0868. The average Bonchev–Trinajstić information content (AvgIpc) is 3.15. The van der Waals surface area contributed by atoms with E-state index in [9.17, 15) is 4.79 Å². The molecule has 1 atom stereocenters. The van der Waals surface area contributed by atoms with Gasteiger partial charge in [-0.1, -0.05) is 18.7 Å². The van der Waals surface area contributed by atoms with Gasteiger partial charge in [-0.3, -0.25) is 9.36 Å². The molecule has 0 aliphatic heterocycles. The molecule has 3 aromatic heterocycles. The van der Waals surface area contributed by atoms with Crippen molar-refractivity contribution < 1.29 is 4.42 Å². The molecule has 0 saturated carbocycles. The van der Waals surface area contributed by atoms with Gasteiger partial charge in [0, 0.05) is 18.3 Å². The van der Waals surface area contributed by atoms with Gasteiger partial charge in [0.1, 0.15) is 4.83 Å². The highest BCUT2D eigenvalue weighted by Crippen LogP contribution is 2.36. The molecule has 1 aliphatic carbocycles. The Balaban J connectivity index is 1.75. The number of thioether (sulfide) groups is 1. The van der Waals surface area contributed by atoms with Gasteiger partial charge in [-0.15, -0.1) is 21.5 Å². The van der Waals surface area contributed by atoms with E-state index in [1.807, 2.05) is 6.92 Å². The van der Waals surface area contributed by atoms with Gasteiger partial charge in [0.2, 0.25) is 11.8 Å². The van der Waals surface area contributed by atoms with Crippen LogP contribution in [0.15, 0.2) is 14.4 Å². The molecule has 0 saturated heterocycles. The number of fused-ring (bicyclic) bond motifs is 3. The van der Waals surface area contributed by atoms with Crippen LogP contribution in [0.2, 0.25) is 0 Å². The van der Waals surface area contributed by atoms with E-state index in [0.717, 1.165) is 34.6 Å². The van der Waals surface area contributed by atoms with Crippen LogP contribution in [0.5, 0.6) is 0 Å². The van der Waals surface area contributed by atoms with Crippen molar-refractivity contribution in [1.29, 1.82) is 0 Å². The van der Waals surface area contributed by atoms with Gasteiger partial charge >= 0.3 is 0 Å². The molecule has 25 heavy (non-hydrogen) atoms. The minimum atomic E-state index is 0.0868. The van der Waals surface area contributed by atoms with Crippen LogP contribution in [0.4, 0.5) is 0 Å². The molecule has 0 fully saturated rings. The van der Waals surface area contributed by atoms with E-state index in [1.54, 1.807) is 22.8 Å². The van der Waals surface area contributed by atoms with Crippen molar-refractivity contribution >= 4 is 33.3 Å². The lowest BCUT2D eigenvalue weighted by Gasteiger charge is -2.17. The van der Waals surface area contributed by atoms with E-state index in [2.05, 4.69) is 17.1 Å². The smallest absolute Gasteiger partial charge is 0.263 e. The summed E-state index contributed by atoms with van der Waals surface area (Å²) < 4.78 is 7.18. The molecule has 0 N–H and O–H groups in total. The summed E-state index contributed by atoms with van der Waals surface area (Å²) in [6.45, 7) is 6.63. The third-order valence-corrected chi connectivity index (χ3v) is 6.70. The summed E-state index contributed by atoms with van der Waals surface area (Å²) in [6, 6.07) is 0. The third kappa shape index (κ3) is 3.01. The van der Waals surface area contributed by atoms with Crippen LogP contribution >= 0.6 is 23.1 Å². The van der Waals surface area contributed by atoms with Crippen molar-refractivity contribution in [2.75, 3.05) is 0 Å². The first-order chi connectivity index (χ1) is 12.1. The maximum Gasteiger partial charge on any atom is 0.263 e. The zero-order valence-electron chi connectivity index (χ0n) is 14.5. The molecule has 132 valence electrons. The molecule has 8 heteroatoms. The Morgan fingerprint density at radius 2 is 2.24 bits per heavy atom. The van der Waals surface area contributed by atoms with Crippen LogP contribution in [0.25, 0.3) is 10.2 Å². The van der Waals surface area contributed by atoms with Gasteiger partial charge < -0.3 is 4.42 Å². The molecule has 4 rings (SSSR count). The molecule has 3 aromatic rings. The number of aryl methyl sites for hydroxylation is 2. The molecular formula is C17H20N4O2S2. The quantitative estimate of drug-likeness (QED) is 0.512. The number of rotatable bonds is 4. The van der Waals surface area contributed by atoms with Crippen molar-refractivity contribution in [3.8, 4) is 0 Å². The van der Waals surface area contributed by atoms with Crippen LogP contribution in [0, 0.1) is 12.8 Å². The zero-order valence-corrected chi connectivity index (χ0v) is 16.2. The van der Waals surface area contributed by atoms with Crippen LogP contribution in [0.1, 0.15) is 42.5 Å². The van der Waals surface area contributed by atoms with Gasteiger partial charge in [0.05, 0.1) is 11.1 Å². The van der Waals surface area contributed by atoms with E-state index < -0.39 is 0 Å². The normalized spacial score (nSPS) is 17.2. The fourth-order valence-corrected chi connectivity index (χ4v) is 5.64. The molecule has 3 heterocycles. The Labute approximate surface area is 153 Å². The fraction of sp³-hybridized carbons (Fsp3) is 0.529. The van der Waals surface area contributed by atoms with Crippen LogP contribution < -0.4 is 5.56 Å². The van der Waals surface area contributed by atoms with Crippen LogP contribution in [-0.2, 0) is 25.1 Å². The molecule has 0 bridgehead atoms. The predicted octanol–water partition coefficient (Wildman–Crippen LogP) is 3.59. The summed E-state index contributed by atoms with van der Waals surface area (Å²) in [5.41, 5.74) is 1.32. The number of hydrogen-bond donors (Lipinski definition) is 0. The zero-order chi connectivity index (χ0) is 17.6. The summed E-state index contributed by atoms with van der Waals surface area (Å²) >= 11 is 3.16. The number of aromatic nitrogens is 4. The molecule has 1 aliphatic rings. The predicted molar refractivity (Wildman–Crippen MR) is 99.3 cm³/mol. The number of hydrogen-bond acceptors (Lipinski definition) is 7. The molecule has 0 amide bonds. The van der Waals surface area contributed by atoms with E-state index in [1.165, 1.54) is 22.2 Å². The first-order valence-corrected chi connectivity index (χ1v) is 10.3. The lowest BCUT2D eigenvalue weighted by atomic mass is 9.89. The van der Waals surface area contributed by atoms with Gasteiger partial charge in [-0.2, -0.15) is 0 Å². The molecule has 0 aromatic carbocycles. The molecular weight excluding hydrogens is 356 g/mol. The molecule has 0 radical (unpaired) electrons. The van der Waals surface area contributed by atoms with Crippen LogP contribution in [0.3, 0.4) is 0 Å². The summed E-state index contributed by atoms with van der Waals surface area (Å²) in [4.78, 5) is 20.1. The molecule has 0 spiro atoms. The van der Waals surface area contributed by atoms with Crippen molar-refractivity contribution in [1.82, 2.24) is 19.7 Å². The Morgan fingerprint density at radius 3 is 2.96 bits per heavy atom. The Hall–Kier alpha value is -1.67. The largest absolute Gasteiger partial charge is 0.425 e. The van der Waals surface area contributed by atoms with Gasteiger partial charge in [-0.05, 0) is 37.7 Å². The second-order valence-electron chi connectivity index (χ2n) is 6.48. The minimum Gasteiger partial charge on any atom is -0.425 e. The average molecular weight is 377 g/mol. The molecule has 1 unspecified atom stereocenters. The monoisotopic (exact) mass is 376 g/mol. The van der Waals surface area contributed by atoms with Crippen molar-refractivity contribution in [3.63, 3.8) is 0 Å². The lowest BCUT2D eigenvalue weighted by molar-refractivity contribution is 0.485. The number of thiophene rings is 1. The number of nitrogens with zero attached hydrogens (tertiary/aromatic N) is 4. The Morgan fingerprint density at radius 1 is 1.40 bits per heavy atom. The van der Waals surface area contributed by atoms with E-state index in [-0.39, 0.29) is 5.56 Å². The van der Waals surface area contributed by atoms with E-state index >= 15 is 0 Å². The summed E-state index contributed by atoms with van der Waals surface area (Å²) in [6.07, 6.45) is 3.20.